The van der Waals surface area contributed by atoms with Crippen molar-refractivity contribution in [2.24, 2.45) is 0 Å². The number of nitrogens with one attached hydrogen (secondary N) is 1. The Morgan fingerprint density at radius 2 is 1.94 bits per heavy atom. The summed E-state index contributed by atoms with van der Waals surface area (Å²) in [4.78, 5) is 0. The van der Waals surface area contributed by atoms with Gasteiger partial charge >= 0.3 is 0 Å². The van der Waals surface area contributed by atoms with E-state index < -0.39 is 0 Å². The number of rotatable bonds is 2. The standard InChI is InChI=1S/C13H12BrFN2/c1-8-11(16)3-2-4-12(8)17-13-7-9(14)5-6-10(13)15/h2-7,17H,16H2,1H3. The first-order valence-corrected chi connectivity index (χ1v) is 5.94. The lowest BCUT2D eigenvalue weighted by molar-refractivity contribution is 0.631. The van der Waals surface area contributed by atoms with E-state index in [2.05, 4.69) is 21.2 Å². The van der Waals surface area contributed by atoms with Gasteiger partial charge in [0.15, 0.2) is 0 Å². The molecule has 0 aliphatic rings. The molecule has 0 aromatic heterocycles. The molecule has 0 aliphatic carbocycles. The molecule has 0 fully saturated rings. The van der Waals surface area contributed by atoms with Crippen LogP contribution in [0.4, 0.5) is 21.5 Å². The zero-order valence-electron chi connectivity index (χ0n) is 9.30. The van der Waals surface area contributed by atoms with E-state index in [0.717, 1.165) is 15.7 Å². The molecule has 4 heteroatoms. The summed E-state index contributed by atoms with van der Waals surface area (Å²) in [5.41, 5.74) is 8.63. The molecule has 3 N–H and O–H groups in total. The highest BCUT2D eigenvalue weighted by Crippen LogP contribution is 2.27. The Morgan fingerprint density at radius 3 is 2.71 bits per heavy atom. The molecular formula is C13H12BrFN2. The number of nitrogens with two attached hydrogens (primary N) is 1. The number of halogens is 2. The molecule has 0 radical (unpaired) electrons. The molecule has 88 valence electrons. The van der Waals surface area contributed by atoms with Crippen molar-refractivity contribution in [2.75, 3.05) is 11.1 Å². The number of anilines is 3. The number of hydrogen-bond acceptors (Lipinski definition) is 2. The molecule has 2 nitrogen and oxygen atoms in total. The molecule has 0 saturated heterocycles. The normalized spacial score (nSPS) is 10.3. The summed E-state index contributed by atoms with van der Waals surface area (Å²) in [7, 11) is 0. The number of benzene rings is 2. The van der Waals surface area contributed by atoms with E-state index in [1.807, 2.05) is 25.1 Å². The maximum Gasteiger partial charge on any atom is 0.146 e. The average molecular weight is 295 g/mol. The Labute approximate surface area is 108 Å². The SMILES string of the molecule is Cc1c(N)cccc1Nc1cc(Br)ccc1F. The molecule has 0 bridgehead atoms. The van der Waals surface area contributed by atoms with Gasteiger partial charge in [-0.1, -0.05) is 22.0 Å². The molecule has 17 heavy (non-hydrogen) atoms. The van der Waals surface area contributed by atoms with E-state index in [-0.39, 0.29) is 5.82 Å². The van der Waals surface area contributed by atoms with Crippen LogP contribution in [0.25, 0.3) is 0 Å². The molecule has 0 aliphatic heterocycles. The highest BCUT2D eigenvalue weighted by atomic mass is 79.9. The molecule has 2 rings (SSSR count). The lowest BCUT2D eigenvalue weighted by Crippen LogP contribution is -1.98. The van der Waals surface area contributed by atoms with Gasteiger partial charge in [-0.3, -0.25) is 0 Å². The Kier molecular flexibility index (Phi) is 3.33. The molecule has 0 heterocycles. The second-order valence-electron chi connectivity index (χ2n) is 3.77. The minimum atomic E-state index is -0.296. The van der Waals surface area contributed by atoms with E-state index in [1.54, 1.807) is 12.1 Å². The minimum Gasteiger partial charge on any atom is -0.398 e. The van der Waals surface area contributed by atoms with Gasteiger partial charge in [-0.2, -0.15) is 0 Å². The molecule has 2 aromatic carbocycles. The Hall–Kier alpha value is -1.55. The topological polar surface area (TPSA) is 38.0 Å². The second kappa shape index (κ2) is 4.75. The molecular weight excluding hydrogens is 283 g/mol. The summed E-state index contributed by atoms with van der Waals surface area (Å²) >= 11 is 3.31. The van der Waals surface area contributed by atoms with Gasteiger partial charge in [0.1, 0.15) is 5.82 Å². The van der Waals surface area contributed by atoms with Crippen molar-refractivity contribution in [3.05, 3.63) is 52.3 Å². The summed E-state index contributed by atoms with van der Waals surface area (Å²) in [6, 6.07) is 10.3. The quantitative estimate of drug-likeness (QED) is 0.814. The van der Waals surface area contributed by atoms with E-state index in [0.29, 0.717) is 11.4 Å². The lowest BCUT2D eigenvalue weighted by atomic mass is 10.1. The first kappa shape index (κ1) is 11.9. The monoisotopic (exact) mass is 294 g/mol. The van der Waals surface area contributed by atoms with Gasteiger partial charge in [0.05, 0.1) is 5.69 Å². The summed E-state index contributed by atoms with van der Waals surface area (Å²) in [6.07, 6.45) is 0. The first-order valence-electron chi connectivity index (χ1n) is 5.15. The van der Waals surface area contributed by atoms with Crippen LogP contribution in [0.15, 0.2) is 40.9 Å². The lowest BCUT2D eigenvalue weighted by Gasteiger charge is -2.12. The highest BCUT2D eigenvalue weighted by molar-refractivity contribution is 9.10. The van der Waals surface area contributed by atoms with Gasteiger partial charge in [-0.25, -0.2) is 4.39 Å². The van der Waals surface area contributed by atoms with E-state index in [9.17, 15) is 4.39 Å². The predicted octanol–water partition coefficient (Wildman–Crippen LogP) is 4.22. The van der Waals surface area contributed by atoms with Gasteiger partial charge in [-0.15, -0.1) is 0 Å². The molecule has 0 unspecified atom stereocenters. The fraction of sp³-hybridized carbons (Fsp3) is 0.0769. The van der Waals surface area contributed by atoms with Gasteiger partial charge in [0.2, 0.25) is 0 Å². The van der Waals surface area contributed by atoms with Crippen LogP contribution in [0, 0.1) is 12.7 Å². The molecule has 2 aromatic rings. The smallest absolute Gasteiger partial charge is 0.146 e. The van der Waals surface area contributed by atoms with Crippen LogP contribution in [-0.4, -0.2) is 0 Å². The third-order valence-electron chi connectivity index (χ3n) is 2.57. The van der Waals surface area contributed by atoms with Crippen LogP contribution in [0.2, 0.25) is 0 Å². The summed E-state index contributed by atoms with van der Waals surface area (Å²) in [6.45, 7) is 1.90. The summed E-state index contributed by atoms with van der Waals surface area (Å²) in [5, 5.41) is 3.04. The van der Waals surface area contributed by atoms with Crippen molar-refractivity contribution >= 4 is 33.0 Å². The largest absolute Gasteiger partial charge is 0.398 e. The van der Waals surface area contributed by atoms with E-state index in [1.165, 1.54) is 6.07 Å². The van der Waals surface area contributed by atoms with Crippen molar-refractivity contribution < 1.29 is 4.39 Å². The summed E-state index contributed by atoms with van der Waals surface area (Å²) < 4.78 is 14.4. The molecule has 0 saturated carbocycles. The fourth-order valence-corrected chi connectivity index (χ4v) is 1.89. The second-order valence-corrected chi connectivity index (χ2v) is 4.68. The zero-order chi connectivity index (χ0) is 12.4. The maximum absolute atomic E-state index is 13.6. The van der Waals surface area contributed by atoms with Crippen LogP contribution in [0.3, 0.4) is 0 Å². The third-order valence-corrected chi connectivity index (χ3v) is 3.07. The van der Waals surface area contributed by atoms with Crippen molar-refractivity contribution in [3.8, 4) is 0 Å². The van der Waals surface area contributed by atoms with Crippen LogP contribution in [-0.2, 0) is 0 Å². The predicted molar refractivity (Wildman–Crippen MR) is 73.0 cm³/mol. The fourth-order valence-electron chi connectivity index (χ4n) is 1.53. The molecule has 0 spiro atoms. The summed E-state index contributed by atoms with van der Waals surface area (Å²) in [5.74, 6) is -0.296. The zero-order valence-corrected chi connectivity index (χ0v) is 10.9. The van der Waals surface area contributed by atoms with Crippen LogP contribution in [0.1, 0.15) is 5.56 Å². The van der Waals surface area contributed by atoms with E-state index in [4.69, 9.17) is 5.73 Å². The van der Waals surface area contributed by atoms with Crippen LogP contribution >= 0.6 is 15.9 Å². The highest BCUT2D eigenvalue weighted by Gasteiger charge is 2.06. The van der Waals surface area contributed by atoms with Gasteiger partial charge in [0.25, 0.3) is 0 Å². The van der Waals surface area contributed by atoms with Gasteiger partial charge in [0, 0.05) is 15.8 Å². The molecule has 0 amide bonds. The van der Waals surface area contributed by atoms with Gasteiger partial charge in [-0.05, 0) is 42.8 Å². The van der Waals surface area contributed by atoms with Crippen molar-refractivity contribution in [3.63, 3.8) is 0 Å². The number of hydrogen-bond donors (Lipinski definition) is 2. The number of nitrogen functional groups attached to an aromatic ring is 1. The third kappa shape index (κ3) is 2.58. The van der Waals surface area contributed by atoms with Crippen molar-refractivity contribution in [1.29, 1.82) is 0 Å². The van der Waals surface area contributed by atoms with E-state index >= 15 is 0 Å². The van der Waals surface area contributed by atoms with Crippen LogP contribution < -0.4 is 11.1 Å². The van der Waals surface area contributed by atoms with Crippen molar-refractivity contribution in [2.45, 2.75) is 6.92 Å². The average Bonchev–Trinajstić information content (AvgIpc) is 2.30. The maximum atomic E-state index is 13.6. The van der Waals surface area contributed by atoms with Crippen molar-refractivity contribution in [1.82, 2.24) is 0 Å². The Morgan fingerprint density at radius 1 is 1.18 bits per heavy atom. The Balaban J connectivity index is 2.38. The van der Waals surface area contributed by atoms with Gasteiger partial charge < -0.3 is 11.1 Å². The minimum absolute atomic E-state index is 0.296. The Bertz CT molecular complexity index is 555. The molecule has 0 atom stereocenters. The van der Waals surface area contributed by atoms with Crippen LogP contribution in [0.5, 0.6) is 0 Å². The first-order chi connectivity index (χ1) is 8.08.